The number of carbonyl (C=O) groups excluding carboxylic acids is 1. The topological polar surface area (TPSA) is 95.6 Å². The van der Waals surface area contributed by atoms with E-state index in [0.29, 0.717) is 12.1 Å². The van der Waals surface area contributed by atoms with E-state index in [-0.39, 0.29) is 19.8 Å². The number of rotatable bonds is 7. The maximum Gasteiger partial charge on any atom is 0.332 e. The molecule has 0 spiro atoms. The maximum absolute atomic E-state index is 11.2. The highest BCUT2D eigenvalue weighted by Gasteiger charge is 2.15. The van der Waals surface area contributed by atoms with Crippen molar-refractivity contribution in [2.45, 2.75) is 32.8 Å². The van der Waals surface area contributed by atoms with Gasteiger partial charge in [0.2, 0.25) is 0 Å². The van der Waals surface area contributed by atoms with Crippen LogP contribution in [0.3, 0.4) is 0 Å². The van der Waals surface area contributed by atoms with E-state index >= 15 is 0 Å². The Labute approximate surface area is 95.3 Å². The molecule has 0 atom stereocenters. The minimum absolute atomic E-state index is 0.0931. The highest BCUT2D eigenvalue weighted by atomic mass is 16.6. The highest BCUT2D eigenvalue weighted by Crippen LogP contribution is 2.06. The van der Waals surface area contributed by atoms with Crippen molar-refractivity contribution in [2.24, 2.45) is 5.11 Å². The van der Waals surface area contributed by atoms with E-state index in [0.717, 1.165) is 0 Å². The lowest BCUT2D eigenvalue weighted by atomic mass is 10.2. The van der Waals surface area contributed by atoms with Crippen LogP contribution in [0.5, 0.6) is 0 Å². The normalized spacial score (nSPS) is 10.9. The summed E-state index contributed by atoms with van der Waals surface area (Å²) in [4.78, 5) is 11.2. The molecule has 0 heterocycles. The molecular weight excluding hydrogens is 210 g/mol. The largest absolute Gasteiger partial charge is 0.458 e. The van der Waals surface area contributed by atoms with Crippen molar-refractivity contribution in [3.05, 3.63) is 0 Å². The Hall–Kier alpha value is -1.30. The molecule has 0 aromatic rings. The van der Waals surface area contributed by atoms with E-state index in [9.17, 15) is 4.79 Å². The molecular formula is C10H19N3O3. The fourth-order valence-electron chi connectivity index (χ4n) is 0.896. The highest BCUT2D eigenvalue weighted by molar-refractivity contribution is 5.83. The minimum Gasteiger partial charge on any atom is -0.458 e. The third-order valence-electron chi connectivity index (χ3n) is 1.46. The van der Waals surface area contributed by atoms with E-state index in [1.807, 2.05) is 0 Å². The van der Waals surface area contributed by atoms with Crippen molar-refractivity contribution < 1.29 is 14.3 Å². The molecule has 0 aromatic heterocycles. The quantitative estimate of drug-likeness (QED) is 0.301. The number of carbonyl (C=O) groups is 1. The zero-order valence-corrected chi connectivity index (χ0v) is 10.0. The van der Waals surface area contributed by atoms with E-state index in [4.69, 9.17) is 20.4 Å². The van der Waals surface area contributed by atoms with Gasteiger partial charge in [-0.15, -0.1) is 0 Å². The van der Waals surface area contributed by atoms with Crippen LogP contribution < -0.4 is 0 Å². The van der Waals surface area contributed by atoms with Crippen molar-refractivity contribution in [3.8, 4) is 0 Å². The lowest BCUT2D eigenvalue weighted by molar-refractivity contribution is -0.160. The Balaban J connectivity index is 3.56. The number of hydrogen-bond acceptors (Lipinski definition) is 6. The molecule has 0 rings (SSSR count). The van der Waals surface area contributed by atoms with Gasteiger partial charge in [-0.1, -0.05) is 0 Å². The summed E-state index contributed by atoms with van der Waals surface area (Å²) in [5.74, 6) is -0.413. The molecule has 0 fully saturated rings. The Kier molecular flexibility index (Phi) is 6.48. The molecule has 6 nitrogen and oxygen atoms in total. The van der Waals surface area contributed by atoms with E-state index in [1.165, 1.54) is 0 Å². The zero-order chi connectivity index (χ0) is 12.6. The summed E-state index contributed by atoms with van der Waals surface area (Å²) in [5, 5.41) is 10.4. The SMILES string of the molecule is CC(C)(C)OC(=O)COCCC(=N)CN=N. The van der Waals surface area contributed by atoms with Gasteiger partial charge in [0.1, 0.15) is 12.2 Å². The van der Waals surface area contributed by atoms with Gasteiger partial charge in [0.05, 0.1) is 13.2 Å². The number of nitrogens with one attached hydrogen (secondary N) is 2. The van der Waals surface area contributed by atoms with Crippen LogP contribution in [-0.2, 0) is 14.3 Å². The molecule has 6 heteroatoms. The molecule has 0 saturated heterocycles. The van der Waals surface area contributed by atoms with Crippen molar-refractivity contribution >= 4 is 11.7 Å². The Morgan fingerprint density at radius 1 is 1.38 bits per heavy atom. The average molecular weight is 229 g/mol. The lowest BCUT2D eigenvalue weighted by Crippen LogP contribution is -2.26. The summed E-state index contributed by atoms with van der Waals surface area (Å²) < 4.78 is 10.1. The first-order valence-electron chi connectivity index (χ1n) is 5.04. The molecule has 0 aliphatic rings. The number of nitrogens with zero attached hydrogens (tertiary/aromatic N) is 1. The van der Waals surface area contributed by atoms with Crippen LogP contribution in [0.4, 0.5) is 0 Å². The second-order valence-electron chi connectivity index (χ2n) is 4.31. The summed E-state index contributed by atoms with van der Waals surface area (Å²) in [6.45, 7) is 5.62. The molecule has 92 valence electrons. The third kappa shape index (κ3) is 9.26. The fraction of sp³-hybridized carbons (Fsp3) is 0.800. The average Bonchev–Trinajstić information content (AvgIpc) is 2.10. The van der Waals surface area contributed by atoms with E-state index in [1.54, 1.807) is 20.8 Å². The predicted molar refractivity (Wildman–Crippen MR) is 59.0 cm³/mol. The summed E-state index contributed by atoms with van der Waals surface area (Å²) in [5.41, 5.74) is 6.37. The van der Waals surface area contributed by atoms with Crippen LogP contribution in [0.1, 0.15) is 27.2 Å². The summed E-state index contributed by atoms with van der Waals surface area (Å²) >= 11 is 0. The second-order valence-corrected chi connectivity index (χ2v) is 4.31. The van der Waals surface area contributed by atoms with E-state index in [2.05, 4.69) is 5.11 Å². The fourth-order valence-corrected chi connectivity index (χ4v) is 0.896. The minimum atomic E-state index is -0.503. The predicted octanol–water partition coefficient (Wildman–Crippen LogP) is 1.79. The van der Waals surface area contributed by atoms with Gasteiger partial charge in [-0.3, -0.25) is 0 Å². The molecule has 0 aliphatic heterocycles. The number of ether oxygens (including phenoxy) is 2. The zero-order valence-electron chi connectivity index (χ0n) is 10.0. The van der Waals surface area contributed by atoms with Crippen LogP contribution in [0.2, 0.25) is 0 Å². The van der Waals surface area contributed by atoms with Crippen molar-refractivity contribution in [2.75, 3.05) is 19.8 Å². The van der Waals surface area contributed by atoms with Crippen molar-refractivity contribution in [1.82, 2.24) is 0 Å². The molecule has 0 bridgehead atoms. The first-order chi connectivity index (χ1) is 7.35. The smallest absolute Gasteiger partial charge is 0.332 e. The van der Waals surface area contributed by atoms with Crippen molar-refractivity contribution in [3.63, 3.8) is 0 Å². The Bertz CT molecular complexity index is 259. The van der Waals surface area contributed by atoms with Gasteiger partial charge in [0.25, 0.3) is 0 Å². The third-order valence-corrected chi connectivity index (χ3v) is 1.46. The van der Waals surface area contributed by atoms with Gasteiger partial charge in [-0.2, -0.15) is 5.11 Å². The van der Waals surface area contributed by atoms with Gasteiger partial charge >= 0.3 is 5.97 Å². The first-order valence-corrected chi connectivity index (χ1v) is 5.04. The molecule has 0 amide bonds. The second kappa shape index (κ2) is 7.05. The van der Waals surface area contributed by atoms with Crippen LogP contribution in [0.15, 0.2) is 5.11 Å². The lowest BCUT2D eigenvalue weighted by Gasteiger charge is -2.19. The monoisotopic (exact) mass is 229 g/mol. The van der Waals surface area contributed by atoms with Crippen LogP contribution in [0.25, 0.3) is 0 Å². The molecule has 0 aliphatic carbocycles. The van der Waals surface area contributed by atoms with Gasteiger partial charge in [-0.05, 0) is 20.8 Å². The number of esters is 1. The van der Waals surface area contributed by atoms with Crippen molar-refractivity contribution in [1.29, 1.82) is 10.9 Å². The van der Waals surface area contributed by atoms with E-state index < -0.39 is 11.6 Å². The summed E-state index contributed by atoms with van der Waals surface area (Å²) in [7, 11) is 0. The first kappa shape index (κ1) is 14.7. The van der Waals surface area contributed by atoms with Gasteiger partial charge < -0.3 is 14.9 Å². The number of hydrogen-bond donors (Lipinski definition) is 2. The molecule has 0 unspecified atom stereocenters. The molecule has 0 saturated carbocycles. The van der Waals surface area contributed by atoms with Gasteiger partial charge in [-0.25, -0.2) is 10.3 Å². The van der Waals surface area contributed by atoms with Crippen LogP contribution in [0, 0.1) is 10.9 Å². The standard InChI is InChI=1S/C10H19N3O3/c1-10(2,3)16-9(14)7-15-5-4-8(11)6-13-12/h11-12H,4-7H2,1-3H3. The molecule has 2 N–H and O–H groups in total. The molecule has 0 aromatic carbocycles. The Morgan fingerprint density at radius 3 is 2.50 bits per heavy atom. The van der Waals surface area contributed by atoms with Gasteiger partial charge in [0.15, 0.2) is 0 Å². The Morgan fingerprint density at radius 2 is 2.00 bits per heavy atom. The molecule has 16 heavy (non-hydrogen) atoms. The van der Waals surface area contributed by atoms with Crippen LogP contribution >= 0.6 is 0 Å². The molecule has 0 radical (unpaired) electrons. The summed E-state index contributed by atoms with van der Waals surface area (Å²) in [6.07, 6.45) is 0.380. The maximum atomic E-state index is 11.2. The van der Waals surface area contributed by atoms with Gasteiger partial charge in [0, 0.05) is 12.1 Å². The van der Waals surface area contributed by atoms with Crippen LogP contribution in [-0.4, -0.2) is 37.0 Å². The summed E-state index contributed by atoms with van der Waals surface area (Å²) in [6, 6.07) is 0.